The fourth-order valence-electron chi connectivity index (χ4n) is 1.28. The van der Waals surface area contributed by atoms with Crippen LogP contribution in [-0.2, 0) is 9.59 Å². The van der Waals surface area contributed by atoms with Crippen LogP contribution in [0.25, 0.3) is 0 Å². The van der Waals surface area contributed by atoms with Crippen molar-refractivity contribution in [1.29, 1.82) is 0 Å². The van der Waals surface area contributed by atoms with Gasteiger partial charge in [0.25, 0.3) is 0 Å². The molecule has 0 fully saturated rings. The van der Waals surface area contributed by atoms with Gasteiger partial charge in [0, 0.05) is 12.8 Å². The number of unbranched alkanes of at least 4 members (excludes halogenated alkanes) is 1. The van der Waals surface area contributed by atoms with Gasteiger partial charge in [-0.15, -0.1) is 0 Å². The fourth-order valence-corrected chi connectivity index (χ4v) is 1.28. The second-order valence-electron chi connectivity index (χ2n) is 3.68. The minimum absolute atomic E-state index is 0.208. The molecule has 0 heterocycles. The third kappa shape index (κ3) is 9.03. The van der Waals surface area contributed by atoms with Gasteiger partial charge in [0.2, 0.25) is 0 Å². The molecule has 4 heteroatoms. The Labute approximate surface area is 83.9 Å². The van der Waals surface area contributed by atoms with Crippen LogP contribution in [0.15, 0.2) is 0 Å². The van der Waals surface area contributed by atoms with Gasteiger partial charge in [-0.25, -0.2) is 0 Å². The van der Waals surface area contributed by atoms with Gasteiger partial charge in [0.05, 0.1) is 0 Å². The standard InChI is InChI=1S/C10H18O4/c1-8(6-7-10(13)14)4-2-3-5-9(11)12/h8H,2-7H2,1H3,(H,11,12)(H,13,14). The van der Waals surface area contributed by atoms with E-state index in [4.69, 9.17) is 10.2 Å². The maximum atomic E-state index is 10.2. The highest BCUT2D eigenvalue weighted by molar-refractivity contribution is 5.66. The lowest BCUT2D eigenvalue weighted by Crippen LogP contribution is -2.01. The first-order valence-corrected chi connectivity index (χ1v) is 4.96. The molecular weight excluding hydrogens is 184 g/mol. The normalized spacial score (nSPS) is 12.4. The van der Waals surface area contributed by atoms with Gasteiger partial charge in [-0.3, -0.25) is 9.59 Å². The van der Waals surface area contributed by atoms with Crippen LogP contribution in [0.3, 0.4) is 0 Å². The summed E-state index contributed by atoms with van der Waals surface area (Å²) in [7, 11) is 0. The number of carboxylic acid groups (broad SMARTS) is 2. The van der Waals surface area contributed by atoms with Crippen molar-refractivity contribution < 1.29 is 19.8 Å². The highest BCUT2D eigenvalue weighted by Gasteiger charge is 2.05. The van der Waals surface area contributed by atoms with E-state index in [0.717, 1.165) is 12.8 Å². The molecule has 82 valence electrons. The third-order valence-corrected chi connectivity index (χ3v) is 2.19. The number of carbonyl (C=O) groups is 2. The van der Waals surface area contributed by atoms with Crippen molar-refractivity contribution in [2.24, 2.45) is 5.92 Å². The maximum Gasteiger partial charge on any atom is 0.303 e. The van der Waals surface area contributed by atoms with Gasteiger partial charge in [0.15, 0.2) is 0 Å². The van der Waals surface area contributed by atoms with E-state index < -0.39 is 11.9 Å². The molecule has 0 saturated heterocycles. The average Bonchev–Trinajstić information content (AvgIpc) is 2.08. The molecule has 0 rings (SSSR count). The lowest BCUT2D eigenvalue weighted by molar-refractivity contribution is -0.138. The molecule has 0 aromatic heterocycles. The van der Waals surface area contributed by atoms with Crippen molar-refractivity contribution in [3.63, 3.8) is 0 Å². The summed E-state index contributed by atoms with van der Waals surface area (Å²) in [6.07, 6.45) is 3.58. The molecule has 4 nitrogen and oxygen atoms in total. The Morgan fingerprint density at radius 1 is 1.00 bits per heavy atom. The Hall–Kier alpha value is -1.06. The van der Waals surface area contributed by atoms with Crippen molar-refractivity contribution in [3.05, 3.63) is 0 Å². The number of aliphatic carboxylic acids is 2. The average molecular weight is 202 g/mol. The highest BCUT2D eigenvalue weighted by Crippen LogP contribution is 2.14. The van der Waals surface area contributed by atoms with E-state index in [0.29, 0.717) is 18.8 Å². The van der Waals surface area contributed by atoms with Crippen LogP contribution in [0.5, 0.6) is 0 Å². The summed E-state index contributed by atoms with van der Waals surface area (Å²) in [5, 5.41) is 16.8. The number of carboxylic acids is 2. The van der Waals surface area contributed by atoms with E-state index in [2.05, 4.69) is 0 Å². The summed E-state index contributed by atoms with van der Waals surface area (Å²) in [5.41, 5.74) is 0. The molecule has 0 bridgehead atoms. The Morgan fingerprint density at radius 2 is 1.57 bits per heavy atom. The molecule has 0 aromatic rings. The minimum atomic E-state index is -0.762. The summed E-state index contributed by atoms with van der Waals surface area (Å²) in [6.45, 7) is 2.00. The van der Waals surface area contributed by atoms with E-state index in [1.54, 1.807) is 0 Å². The van der Waals surface area contributed by atoms with Crippen LogP contribution >= 0.6 is 0 Å². The Balaban J connectivity index is 3.30. The molecule has 1 atom stereocenters. The first-order chi connectivity index (χ1) is 6.52. The molecule has 1 unspecified atom stereocenters. The highest BCUT2D eigenvalue weighted by atomic mass is 16.4. The second kappa shape index (κ2) is 7.35. The molecular formula is C10H18O4. The van der Waals surface area contributed by atoms with E-state index in [1.807, 2.05) is 6.92 Å². The van der Waals surface area contributed by atoms with Gasteiger partial charge in [-0.05, 0) is 18.8 Å². The van der Waals surface area contributed by atoms with Gasteiger partial charge in [-0.1, -0.05) is 19.8 Å². The summed E-state index contributed by atoms with van der Waals surface area (Å²) >= 11 is 0. The predicted octanol–water partition coefficient (Wildman–Crippen LogP) is 2.13. The number of rotatable bonds is 8. The Bertz CT molecular complexity index is 189. The van der Waals surface area contributed by atoms with Gasteiger partial charge in [-0.2, -0.15) is 0 Å². The van der Waals surface area contributed by atoms with Crippen molar-refractivity contribution in [2.75, 3.05) is 0 Å². The largest absolute Gasteiger partial charge is 0.481 e. The fraction of sp³-hybridized carbons (Fsp3) is 0.800. The van der Waals surface area contributed by atoms with Crippen LogP contribution in [0.1, 0.15) is 45.4 Å². The quantitative estimate of drug-likeness (QED) is 0.591. The van der Waals surface area contributed by atoms with Crippen LogP contribution < -0.4 is 0 Å². The van der Waals surface area contributed by atoms with E-state index in [-0.39, 0.29) is 12.8 Å². The Morgan fingerprint density at radius 3 is 2.07 bits per heavy atom. The first kappa shape index (κ1) is 12.9. The summed E-state index contributed by atoms with van der Waals surface area (Å²) in [4.78, 5) is 20.4. The molecule has 0 aromatic carbocycles. The maximum absolute atomic E-state index is 10.2. The second-order valence-corrected chi connectivity index (χ2v) is 3.68. The van der Waals surface area contributed by atoms with Crippen molar-refractivity contribution in [3.8, 4) is 0 Å². The van der Waals surface area contributed by atoms with Gasteiger partial charge in [0.1, 0.15) is 0 Å². The lowest BCUT2D eigenvalue weighted by Gasteiger charge is -2.08. The minimum Gasteiger partial charge on any atom is -0.481 e. The van der Waals surface area contributed by atoms with Gasteiger partial charge < -0.3 is 10.2 Å². The third-order valence-electron chi connectivity index (χ3n) is 2.19. The summed E-state index contributed by atoms with van der Waals surface area (Å²) in [5.74, 6) is -1.15. The van der Waals surface area contributed by atoms with Crippen LogP contribution in [0.2, 0.25) is 0 Å². The predicted molar refractivity (Wildman–Crippen MR) is 52.1 cm³/mol. The molecule has 0 amide bonds. The number of hydrogen-bond acceptors (Lipinski definition) is 2. The van der Waals surface area contributed by atoms with Crippen molar-refractivity contribution in [2.45, 2.75) is 45.4 Å². The molecule has 0 radical (unpaired) electrons. The molecule has 0 spiro atoms. The topological polar surface area (TPSA) is 74.6 Å². The van der Waals surface area contributed by atoms with E-state index in [9.17, 15) is 9.59 Å². The van der Waals surface area contributed by atoms with Crippen molar-refractivity contribution in [1.82, 2.24) is 0 Å². The summed E-state index contributed by atoms with van der Waals surface area (Å²) in [6, 6.07) is 0. The Kier molecular flexibility index (Phi) is 6.80. The number of hydrogen-bond donors (Lipinski definition) is 2. The van der Waals surface area contributed by atoms with Crippen LogP contribution in [-0.4, -0.2) is 22.2 Å². The molecule has 0 saturated carbocycles. The smallest absolute Gasteiger partial charge is 0.303 e. The zero-order valence-electron chi connectivity index (χ0n) is 8.53. The monoisotopic (exact) mass is 202 g/mol. The molecule has 0 aliphatic carbocycles. The lowest BCUT2D eigenvalue weighted by atomic mass is 9.98. The van der Waals surface area contributed by atoms with Crippen LogP contribution in [0, 0.1) is 5.92 Å². The van der Waals surface area contributed by atoms with Gasteiger partial charge >= 0.3 is 11.9 Å². The zero-order valence-corrected chi connectivity index (χ0v) is 8.53. The zero-order chi connectivity index (χ0) is 11.0. The van der Waals surface area contributed by atoms with Crippen molar-refractivity contribution >= 4 is 11.9 Å². The van der Waals surface area contributed by atoms with Crippen LogP contribution in [0.4, 0.5) is 0 Å². The molecule has 0 aliphatic heterocycles. The van der Waals surface area contributed by atoms with E-state index in [1.165, 1.54) is 0 Å². The molecule has 2 N–H and O–H groups in total. The molecule has 14 heavy (non-hydrogen) atoms. The summed E-state index contributed by atoms with van der Waals surface area (Å²) < 4.78 is 0. The van der Waals surface area contributed by atoms with E-state index >= 15 is 0 Å². The SMILES string of the molecule is CC(CCCCC(=O)O)CCC(=O)O. The first-order valence-electron chi connectivity index (χ1n) is 4.96. The molecule has 0 aliphatic rings.